The molecule has 1 aromatic rings. The van der Waals surface area contributed by atoms with Crippen LogP contribution in [0.4, 0.5) is 10.8 Å². The van der Waals surface area contributed by atoms with Crippen molar-refractivity contribution < 1.29 is 0 Å². The SMILES string of the molecule is CCCCCNc1nsc(N)c1C#N. The van der Waals surface area contributed by atoms with E-state index in [1.54, 1.807) is 0 Å². The third-order valence-electron chi connectivity index (χ3n) is 1.90. The third kappa shape index (κ3) is 2.60. The van der Waals surface area contributed by atoms with Gasteiger partial charge in [-0.15, -0.1) is 0 Å². The number of aromatic nitrogens is 1. The molecule has 0 spiro atoms. The summed E-state index contributed by atoms with van der Waals surface area (Å²) in [6, 6.07) is 2.05. The minimum atomic E-state index is 0.478. The van der Waals surface area contributed by atoms with Crippen molar-refractivity contribution in [3.05, 3.63) is 5.56 Å². The Morgan fingerprint density at radius 3 is 3.00 bits per heavy atom. The van der Waals surface area contributed by atoms with Crippen LogP contribution in [0.15, 0.2) is 0 Å². The zero-order valence-corrected chi connectivity index (χ0v) is 9.02. The molecule has 4 nitrogen and oxygen atoms in total. The lowest BCUT2D eigenvalue weighted by molar-refractivity contribution is 0.743. The number of nitrogens with one attached hydrogen (secondary N) is 1. The highest BCUT2D eigenvalue weighted by atomic mass is 32.1. The van der Waals surface area contributed by atoms with Gasteiger partial charge in [-0.1, -0.05) is 19.8 Å². The summed E-state index contributed by atoms with van der Waals surface area (Å²) in [5.41, 5.74) is 6.05. The number of nitriles is 1. The molecule has 3 N–H and O–H groups in total. The number of anilines is 2. The summed E-state index contributed by atoms with van der Waals surface area (Å²) in [5, 5.41) is 12.4. The second kappa shape index (κ2) is 5.45. The Kier molecular flexibility index (Phi) is 4.20. The number of hydrogen-bond acceptors (Lipinski definition) is 5. The van der Waals surface area contributed by atoms with Gasteiger partial charge in [-0.25, -0.2) is 0 Å². The first kappa shape index (κ1) is 10.8. The van der Waals surface area contributed by atoms with Gasteiger partial charge in [-0.05, 0) is 18.0 Å². The molecule has 1 heterocycles. The van der Waals surface area contributed by atoms with E-state index in [1.165, 1.54) is 12.8 Å². The number of rotatable bonds is 5. The van der Waals surface area contributed by atoms with Crippen LogP contribution in [0.3, 0.4) is 0 Å². The Balaban J connectivity index is 2.47. The molecule has 0 amide bonds. The van der Waals surface area contributed by atoms with Crippen LogP contribution in [-0.4, -0.2) is 10.9 Å². The predicted molar refractivity (Wildman–Crippen MR) is 59.3 cm³/mol. The van der Waals surface area contributed by atoms with Crippen molar-refractivity contribution in [2.75, 3.05) is 17.6 Å². The number of unbranched alkanes of at least 4 members (excludes halogenated alkanes) is 2. The van der Waals surface area contributed by atoms with E-state index >= 15 is 0 Å². The smallest absolute Gasteiger partial charge is 0.159 e. The van der Waals surface area contributed by atoms with Gasteiger partial charge in [-0.2, -0.15) is 9.64 Å². The Morgan fingerprint density at radius 2 is 2.36 bits per heavy atom. The molecule has 14 heavy (non-hydrogen) atoms. The molecule has 0 aliphatic heterocycles. The van der Waals surface area contributed by atoms with E-state index in [9.17, 15) is 0 Å². The number of nitrogens with zero attached hydrogens (tertiary/aromatic N) is 2. The molecule has 0 aliphatic carbocycles. The highest BCUT2D eigenvalue weighted by molar-refractivity contribution is 7.10. The van der Waals surface area contributed by atoms with E-state index in [0.29, 0.717) is 16.4 Å². The summed E-state index contributed by atoms with van der Waals surface area (Å²) in [6.07, 6.45) is 3.47. The number of nitrogens with two attached hydrogens (primary N) is 1. The first-order valence-corrected chi connectivity index (χ1v) is 5.46. The lowest BCUT2D eigenvalue weighted by atomic mass is 10.2. The molecular formula is C9H14N4S. The molecule has 0 aromatic carbocycles. The highest BCUT2D eigenvalue weighted by Gasteiger charge is 2.09. The molecule has 0 aliphatic rings. The summed E-state index contributed by atoms with van der Waals surface area (Å²) in [6.45, 7) is 3.01. The van der Waals surface area contributed by atoms with Crippen LogP contribution in [0.25, 0.3) is 0 Å². The third-order valence-corrected chi connectivity index (χ3v) is 2.58. The Hall–Kier alpha value is -1.28. The van der Waals surface area contributed by atoms with Gasteiger partial charge in [0.1, 0.15) is 16.6 Å². The Bertz CT molecular complexity index is 326. The number of nitrogen functional groups attached to an aromatic ring is 1. The van der Waals surface area contributed by atoms with Crippen LogP contribution in [-0.2, 0) is 0 Å². The summed E-state index contributed by atoms with van der Waals surface area (Å²) < 4.78 is 4.07. The van der Waals surface area contributed by atoms with E-state index in [0.717, 1.165) is 24.5 Å². The quantitative estimate of drug-likeness (QED) is 0.730. The maximum Gasteiger partial charge on any atom is 0.159 e. The van der Waals surface area contributed by atoms with Gasteiger partial charge < -0.3 is 11.1 Å². The molecule has 0 radical (unpaired) electrons. The Morgan fingerprint density at radius 1 is 1.57 bits per heavy atom. The predicted octanol–water partition coefficient (Wildman–Crippen LogP) is 2.20. The van der Waals surface area contributed by atoms with Crippen LogP contribution in [0.5, 0.6) is 0 Å². The van der Waals surface area contributed by atoms with Crippen molar-refractivity contribution in [3.63, 3.8) is 0 Å². The van der Waals surface area contributed by atoms with Crippen molar-refractivity contribution in [2.24, 2.45) is 0 Å². The zero-order valence-electron chi connectivity index (χ0n) is 8.21. The van der Waals surface area contributed by atoms with Gasteiger partial charge in [0.05, 0.1) is 0 Å². The van der Waals surface area contributed by atoms with Gasteiger partial charge in [0.2, 0.25) is 0 Å². The van der Waals surface area contributed by atoms with E-state index in [4.69, 9.17) is 11.0 Å². The first-order chi connectivity index (χ1) is 6.79. The van der Waals surface area contributed by atoms with Gasteiger partial charge in [0.15, 0.2) is 5.82 Å². The fourth-order valence-electron chi connectivity index (χ4n) is 1.11. The molecule has 0 saturated heterocycles. The molecule has 0 unspecified atom stereocenters. The molecule has 76 valence electrons. The largest absolute Gasteiger partial charge is 0.388 e. The Labute approximate surface area is 87.9 Å². The molecule has 0 fully saturated rings. The lowest BCUT2D eigenvalue weighted by Crippen LogP contribution is -2.03. The van der Waals surface area contributed by atoms with E-state index in [2.05, 4.69) is 16.6 Å². The number of hydrogen-bond donors (Lipinski definition) is 2. The van der Waals surface area contributed by atoms with Crippen LogP contribution in [0, 0.1) is 11.3 Å². The van der Waals surface area contributed by atoms with Crippen molar-refractivity contribution in [3.8, 4) is 6.07 Å². The second-order valence-electron chi connectivity index (χ2n) is 3.02. The molecule has 5 heteroatoms. The summed E-state index contributed by atoms with van der Waals surface area (Å²) in [4.78, 5) is 0. The van der Waals surface area contributed by atoms with Gasteiger partial charge in [0.25, 0.3) is 0 Å². The standard InChI is InChI=1S/C9H14N4S/c1-2-3-4-5-12-9-7(6-10)8(11)14-13-9/h2-5,11H2,1H3,(H,12,13). The van der Waals surface area contributed by atoms with Crippen LogP contribution in [0.2, 0.25) is 0 Å². The fourth-order valence-corrected chi connectivity index (χ4v) is 1.69. The van der Waals surface area contributed by atoms with E-state index in [1.807, 2.05) is 6.07 Å². The summed E-state index contributed by atoms with van der Waals surface area (Å²) in [5.74, 6) is 0.631. The molecule has 0 saturated carbocycles. The molecular weight excluding hydrogens is 196 g/mol. The van der Waals surface area contributed by atoms with Crippen molar-refractivity contribution in [2.45, 2.75) is 26.2 Å². The van der Waals surface area contributed by atoms with Crippen LogP contribution >= 0.6 is 11.5 Å². The van der Waals surface area contributed by atoms with Gasteiger partial charge in [-0.3, -0.25) is 0 Å². The second-order valence-corrected chi connectivity index (χ2v) is 3.82. The maximum atomic E-state index is 8.79. The van der Waals surface area contributed by atoms with Crippen molar-refractivity contribution >= 4 is 22.4 Å². The summed E-state index contributed by atoms with van der Waals surface area (Å²) in [7, 11) is 0. The lowest BCUT2D eigenvalue weighted by Gasteiger charge is -2.01. The van der Waals surface area contributed by atoms with Gasteiger partial charge in [0, 0.05) is 6.54 Å². The maximum absolute atomic E-state index is 8.79. The normalized spacial score (nSPS) is 9.71. The van der Waals surface area contributed by atoms with Gasteiger partial charge >= 0.3 is 0 Å². The minimum Gasteiger partial charge on any atom is -0.388 e. The average Bonchev–Trinajstić information content (AvgIpc) is 2.54. The molecule has 0 bridgehead atoms. The topological polar surface area (TPSA) is 74.7 Å². The zero-order chi connectivity index (χ0) is 10.4. The van der Waals surface area contributed by atoms with Crippen molar-refractivity contribution in [1.82, 2.24) is 4.37 Å². The minimum absolute atomic E-state index is 0.478. The average molecular weight is 210 g/mol. The molecule has 1 rings (SSSR count). The van der Waals surface area contributed by atoms with Crippen LogP contribution in [0.1, 0.15) is 31.7 Å². The highest BCUT2D eigenvalue weighted by Crippen LogP contribution is 2.24. The summed E-state index contributed by atoms with van der Waals surface area (Å²) >= 11 is 1.16. The molecule has 0 atom stereocenters. The fraction of sp³-hybridized carbons (Fsp3) is 0.556. The monoisotopic (exact) mass is 210 g/mol. The first-order valence-electron chi connectivity index (χ1n) is 4.68. The van der Waals surface area contributed by atoms with Crippen molar-refractivity contribution in [1.29, 1.82) is 5.26 Å². The van der Waals surface area contributed by atoms with E-state index in [-0.39, 0.29) is 0 Å². The van der Waals surface area contributed by atoms with Crippen LogP contribution < -0.4 is 11.1 Å². The molecule has 1 aromatic heterocycles. The van der Waals surface area contributed by atoms with E-state index < -0.39 is 0 Å².